The van der Waals surface area contributed by atoms with Crippen LogP contribution in [0.3, 0.4) is 0 Å². The van der Waals surface area contributed by atoms with Crippen LogP contribution in [-0.2, 0) is 0 Å². The van der Waals surface area contributed by atoms with Crippen molar-refractivity contribution in [1.82, 2.24) is 4.98 Å². The summed E-state index contributed by atoms with van der Waals surface area (Å²) in [7, 11) is 0. The van der Waals surface area contributed by atoms with Gasteiger partial charge in [-0.2, -0.15) is 0 Å². The molecule has 150 valence electrons. The van der Waals surface area contributed by atoms with Crippen molar-refractivity contribution in [2.75, 3.05) is 5.32 Å². The summed E-state index contributed by atoms with van der Waals surface area (Å²) in [5, 5.41) is 6.79. The van der Waals surface area contributed by atoms with Crippen LogP contribution >= 0.6 is 11.6 Å². The second kappa shape index (κ2) is 7.86. The van der Waals surface area contributed by atoms with E-state index in [9.17, 15) is 4.79 Å². The number of hydrogen-bond acceptors (Lipinski definition) is 2. The minimum atomic E-state index is -0.151. The van der Waals surface area contributed by atoms with Crippen LogP contribution in [0.15, 0.2) is 91.0 Å². The Hall–Kier alpha value is -3.69. The number of carbonyl (C=O) groups is 1. The quantitative estimate of drug-likeness (QED) is 0.332. The summed E-state index contributed by atoms with van der Waals surface area (Å²) >= 11 is 6.06. The van der Waals surface area contributed by atoms with Crippen molar-refractivity contribution in [2.45, 2.75) is 6.92 Å². The molecule has 0 unspecified atom stereocenters. The Labute approximate surface area is 185 Å². The van der Waals surface area contributed by atoms with E-state index in [1.54, 1.807) is 0 Å². The molecule has 1 aromatic heterocycles. The molecular weight excluding hydrogens is 404 g/mol. The number of nitrogens with one attached hydrogen (secondary N) is 1. The summed E-state index contributed by atoms with van der Waals surface area (Å²) in [4.78, 5) is 18.3. The van der Waals surface area contributed by atoms with Gasteiger partial charge in [0.15, 0.2) is 0 Å². The molecule has 0 bridgehead atoms. The molecule has 0 aliphatic rings. The van der Waals surface area contributed by atoms with E-state index in [4.69, 9.17) is 16.6 Å². The Bertz CT molecular complexity index is 1440. The predicted octanol–water partition coefficient (Wildman–Crippen LogP) is 7.27. The normalized spacial score (nSPS) is 11.0. The molecular formula is C27H19ClN2O. The van der Waals surface area contributed by atoms with Gasteiger partial charge in [0, 0.05) is 21.7 Å². The smallest absolute Gasteiger partial charge is 0.256 e. The molecule has 0 aliphatic heterocycles. The van der Waals surface area contributed by atoms with Gasteiger partial charge in [0.25, 0.3) is 5.91 Å². The van der Waals surface area contributed by atoms with Gasteiger partial charge in [-0.05, 0) is 53.6 Å². The number of para-hydroxylation sites is 1. The van der Waals surface area contributed by atoms with E-state index < -0.39 is 0 Å². The van der Waals surface area contributed by atoms with Crippen LogP contribution < -0.4 is 5.32 Å². The lowest BCUT2D eigenvalue weighted by molar-refractivity contribution is 0.102. The van der Waals surface area contributed by atoms with E-state index in [2.05, 4.69) is 11.4 Å². The van der Waals surface area contributed by atoms with Crippen LogP contribution in [0.4, 0.5) is 5.69 Å². The first kappa shape index (κ1) is 19.3. The highest BCUT2D eigenvalue weighted by atomic mass is 35.5. The van der Waals surface area contributed by atoms with Gasteiger partial charge in [-0.25, -0.2) is 4.98 Å². The van der Waals surface area contributed by atoms with Crippen molar-refractivity contribution >= 4 is 44.9 Å². The summed E-state index contributed by atoms with van der Waals surface area (Å²) in [5.41, 5.74) is 4.70. The summed E-state index contributed by atoms with van der Waals surface area (Å²) in [5.74, 6) is -0.151. The second-order valence-corrected chi connectivity index (χ2v) is 7.94. The third-order valence-corrected chi connectivity index (χ3v) is 5.74. The molecule has 0 radical (unpaired) electrons. The van der Waals surface area contributed by atoms with Crippen molar-refractivity contribution in [3.05, 3.63) is 107 Å². The Balaban J connectivity index is 1.62. The van der Waals surface area contributed by atoms with Crippen LogP contribution in [0.5, 0.6) is 0 Å². The first-order valence-corrected chi connectivity index (χ1v) is 10.4. The van der Waals surface area contributed by atoms with Crippen LogP contribution in [0.1, 0.15) is 15.9 Å². The topological polar surface area (TPSA) is 42.0 Å². The highest BCUT2D eigenvalue weighted by molar-refractivity contribution is 6.30. The second-order valence-electron chi connectivity index (χ2n) is 7.50. The molecule has 0 atom stereocenters. The van der Waals surface area contributed by atoms with E-state index in [-0.39, 0.29) is 5.91 Å². The van der Waals surface area contributed by atoms with Crippen molar-refractivity contribution in [3.63, 3.8) is 0 Å². The van der Waals surface area contributed by atoms with E-state index in [1.165, 1.54) is 0 Å². The Morgan fingerprint density at radius 2 is 1.55 bits per heavy atom. The predicted molar refractivity (Wildman–Crippen MR) is 129 cm³/mol. The van der Waals surface area contributed by atoms with Gasteiger partial charge in [-0.15, -0.1) is 0 Å². The van der Waals surface area contributed by atoms with Crippen LogP contribution in [0.2, 0.25) is 5.02 Å². The maximum absolute atomic E-state index is 13.5. The number of hydrogen-bond donors (Lipinski definition) is 1. The van der Waals surface area contributed by atoms with Crippen molar-refractivity contribution in [3.8, 4) is 11.3 Å². The van der Waals surface area contributed by atoms with Crippen molar-refractivity contribution < 1.29 is 4.79 Å². The van der Waals surface area contributed by atoms with E-state index >= 15 is 0 Å². The van der Waals surface area contributed by atoms with Crippen LogP contribution in [0.25, 0.3) is 32.9 Å². The molecule has 0 saturated carbocycles. The third kappa shape index (κ3) is 3.65. The number of fused-ring (bicyclic) bond motifs is 2. The lowest BCUT2D eigenvalue weighted by atomic mass is 9.97. The maximum Gasteiger partial charge on any atom is 0.256 e. The zero-order valence-corrected chi connectivity index (χ0v) is 17.6. The molecule has 5 rings (SSSR count). The average Bonchev–Trinajstić information content (AvgIpc) is 2.79. The Morgan fingerprint density at radius 3 is 2.35 bits per heavy atom. The fourth-order valence-electron chi connectivity index (χ4n) is 3.95. The Kier molecular flexibility index (Phi) is 4.89. The van der Waals surface area contributed by atoms with Gasteiger partial charge in [-0.1, -0.05) is 72.3 Å². The number of rotatable bonds is 3. The van der Waals surface area contributed by atoms with Gasteiger partial charge < -0.3 is 5.32 Å². The fourth-order valence-corrected chi connectivity index (χ4v) is 4.08. The lowest BCUT2D eigenvalue weighted by Crippen LogP contribution is -2.15. The molecule has 0 fully saturated rings. The summed E-state index contributed by atoms with van der Waals surface area (Å²) < 4.78 is 0. The van der Waals surface area contributed by atoms with Crippen LogP contribution in [-0.4, -0.2) is 10.9 Å². The molecule has 4 aromatic carbocycles. The van der Waals surface area contributed by atoms with Crippen LogP contribution in [0, 0.1) is 6.92 Å². The van der Waals surface area contributed by atoms with Gasteiger partial charge >= 0.3 is 0 Å². The number of aromatic nitrogens is 1. The molecule has 4 heteroatoms. The molecule has 0 aliphatic carbocycles. The maximum atomic E-state index is 13.5. The number of amides is 1. The number of benzene rings is 4. The number of halogens is 1. The lowest BCUT2D eigenvalue weighted by Gasteiger charge is -2.15. The fraction of sp³-hybridized carbons (Fsp3) is 0.0370. The molecule has 1 N–H and O–H groups in total. The zero-order chi connectivity index (χ0) is 21.4. The molecule has 0 spiro atoms. The molecule has 1 heterocycles. The highest BCUT2D eigenvalue weighted by Crippen LogP contribution is 2.31. The molecule has 5 aromatic rings. The molecule has 3 nitrogen and oxygen atoms in total. The standard InChI is InChI=1S/C27H19ClN2O/c1-17-25(27(31)29-22-15-12-18-6-2-3-7-20(18)16-22)23-8-4-5-9-24(23)30-26(17)19-10-13-21(28)14-11-19/h2-16H,1H3,(H,29,31). The average molecular weight is 423 g/mol. The first-order chi connectivity index (χ1) is 15.1. The first-order valence-electron chi connectivity index (χ1n) is 10.1. The Morgan fingerprint density at radius 1 is 0.839 bits per heavy atom. The highest BCUT2D eigenvalue weighted by Gasteiger charge is 2.19. The number of nitrogens with zero attached hydrogens (tertiary/aromatic N) is 1. The number of anilines is 1. The van der Waals surface area contributed by atoms with E-state index in [0.29, 0.717) is 10.6 Å². The van der Waals surface area contributed by atoms with Crippen molar-refractivity contribution in [1.29, 1.82) is 0 Å². The van der Waals surface area contributed by atoms with Gasteiger partial charge in [0.2, 0.25) is 0 Å². The minimum absolute atomic E-state index is 0.151. The van der Waals surface area contributed by atoms with Gasteiger partial charge in [0.1, 0.15) is 0 Å². The van der Waals surface area contributed by atoms with Crippen molar-refractivity contribution in [2.24, 2.45) is 0 Å². The molecule has 31 heavy (non-hydrogen) atoms. The molecule has 0 saturated heterocycles. The summed E-state index contributed by atoms with van der Waals surface area (Å²) in [6.07, 6.45) is 0. The minimum Gasteiger partial charge on any atom is -0.322 e. The SMILES string of the molecule is Cc1c(-c2ccc(Cl)cc2)nc2ccccc2c1C(=O)Nc1ccc2ccccc2c1. The number of pyridine rings is 1. The van der Waals surface area contributed by atoms with E-state index in [0.717, 1.165) is 44.2 Å². The van der Waals surface area contributed by atoms with E-state index in [1.807, 2.05) is 91.9 Å². The molecule has 1 amide bonds. The largest absolute Gasteiger partial charge is 0.322 e. The number of carbonyl (C=O) groups excluding carboxylic acids is 1. The van der Waals surface area contributed by atoms with Gasteiger partial charge in [-0.3, -0.25) is 4.79 Å². The summed E-state index contributed by atoms with van der Waals surface area (Å²) in [6.45, 7) is 1.94. The van der Waals surface area contributed by atoms with Gasteiger partial charge in [0.05, 0.1) is 16.8 Å². The zero-order valence-electron chi connectivity index (χ0n) is 16.9. The summed E-state index contributed by atoms with van der Waals surface area (Å²) in [6, 6.07) is 29.3. The monoisotopic (exact) mass is 422 g/mol. The third-order valence-electron chi connectivity index (χ3n) is 5.49.